The summed E-state index contributed by atoms with van der Waals surface area (Å²) in [6.07, 6.45) is 0. The van der Waals surface area contributed by atoms with Gasteiger partial charge in [-0.1, -0.05) is 29.8 Å². The van der Waals surface area contributed by atoms with Crippen LogP contribution in [0.1, 0.15) is 21.3 Å². The number of hydrogen-bond acceptors (Lipinski definition) is 4. The summed E-state index contributed by atoms with van der Waals surface area (Å²) in [6.45, 7) is 0. The monoisotopic (exact) mass is 350 g/mol. The minimum atomic E-state index is -1.34. The Morgan fingerprint density at radius 2 is 2.04 bits per heavy atom. The second kappa shape index (κ2) is 6.22. The first-order chi connectivity index (χ1) is 11.0. The fourth-order valence-electron chi connectivity index (χ4n) is 2.45. The van der Waals surface area contributed by atoms with Gasteiger partial charge in [-0.2, -0.15) is 0 Å². The second-order valence-electron chi connectivity index (χ2n) is 4.90. The van der Waals surface area contributed by atoms with Crippen molar-refractivity contribution in [2.75, 3.05) is 10.7 Å². The summed E-state index contributed by atoms with van der Waals surface area (Å²) in [7, 11) is 0. The van der Waals surface area contributed by atoms with Crippen LogP contribution in [0.2, 0.25) is 5.02 Å². The lowest BCUT2D eigenvalue weighted by Crippen LogP contribution is -2.29. The van der Waals surface area contributed by atoms with Crippen molar-refractivity contribution in [1.82, 2.24) is 0 Å². The van der Waals surface area contributed by atoms with E-state index in [0.29, 0.717) is 5.69 Å². The van der Waals surface area contributed by atoms with E-state index in [1.54, 1.807) is 12.1 Å². The largest absolute Gasteiger partial charge is 0.545 e. The highest BCUT2D eigenvalue weighted by Gasteiger charge is 2.36. The van der Waals surface area contributed by atoms with Gasteiger partial charge in [0, 0.05) is 16.3 Å². The number of nitrogens with zero attached hydrogens (tertiary/aromatic N) is 1. The summed E-state index contributed by atoms with van der Waals surface area (Å²) >= 11 is 7.33. The maximum absolute atomic E-state index is 14.2. The Hall–Kier alpha value is -2.05. The topological polar surface area (TPSA) is 60.4 Å². The molecule has 0 aromatic heterocycles. The maximum Gasteiger partial charge on any atom is 0.238 e. The van der Waals surface area contributed by atoms with E-state index < -0.39 is 17.2 Å². The molecule has 0 saturated carbocycles. The molecule has 1 saturated heterocycles. The van der Waals surface area contributed by atoms with Crippen LogP contribution in [0, 0.1) is 5.82 Å². The highest BCUT2D eigenvalue weighted by Crippen LogP contribution is 2.45. The number of carboxylic acid groups (broad SMARTS) is 1. The van der Waals surface area contributed by atoms with Gasteiger partial charge in [0.25, 0.3) is 0 Å². The molecular weight excluding hydrogens is 341 g/mol. The zero-order chi connectivity index (χ0) is 16.6. The normalized spacial score (nSPS) is 17.6. The maximum atomic E-state index is 14.2. The molecule has 1 atom stereocenters. The highest BCUT2D eigenvalue weighted by atomic mass is 35.5. The van der Waals surface area contributed by atoms with Gasteiger partial charge in [-0.3, -0.25) is 9.69 Å². The van der Waals surface area contributed by atoms with E-state index in [0.717, 1.165) is 0 Å². The molecule has 2 aromatic rings. The lowest BCUT2D eigenvalue weighted by atomic mass is 10.1. The van der Waals surface area contributed by atoms with Gasteiger partial charge >= 0.3 is 0 Å². The lowest BCUT2D eigenvalue weighted by Gasteiger charge is -2.25. The molecule has 1 unspecified atom stereocenters. The number of aromatic carboxylic acids is 1. The van der Waals surface area contributed by atoms with Crippen LogP contribution in [-0.4, -0.2) is 17.6 Å². The van der Waals surface area contributed by atoms with Gasteiger partial charge in [0.05, 0.1) is 11.7 Å². The van der Waals surface area contributed by atoms with E-state index in [1.807, 2.05) is 0 Å². The van der Waals surface area contributed by atoms with Crippen molar-refractivity contribution < 1.29 is 19.1 Å². The summed E-state index contributed by atoms with van der Waals surface area (Å²) < 4.78 is 14.2. The third-order valence-electron chi connectivity index (χ3n) is 3.47. The summed E-state index contributed by atoms with van der Waals surface area (Å²) in [4.78, 5) is 24.6. The number of carboxylic acids is 1. The van der Waals surface area contributed by atoms with E-state index in [1.165, 1.54) is 47.0 Å². The second-order valence-corrected chi connectivity index (χ2v) is 6.38. The van der Waals surface area contributed by atoms with Crippen LogP contribution in [0.25, 0.3) is 0 Å². The van der Waals surface area contributed by atoms with Crippen LogP contribution in [0.3, 0.4) is 0 Å². The number of anilines is 1. The summed E-state index contributed by atoms with van der Waals surface area (Å²) in [6, 6.07) is 10.1. The summed E-state index contributed by atoms with van der Waals surface area (Å²) in [5.41, 5.74) is 0.528. The van der Waals surface area contributed by atoms with Crippen molar-refractivity contribution in [2.45, 2.75) is 5.37 Å². The molecule has 1 aliphatic heterocycles. The quantitative estimate of drug-likeness (QED) is 0.853. The molecule has 0 spiro atoms. The van der Waals surface area contributed by atoms with Gasteiger partial charge in [0.1, 0.15) is 11.2 Å². The van der Waals surface area contributed by atoms with E-state index in [9.17, 15) is 19.1 Å². The summed E-state index contributed by atoms with van der Waals surface area (Å²) in [5.74, 6) is -1.93. The fourth-order valence-corrected chi connectivity index (χ4v) is 4.01. The molecule has 1 fully saturated rings. The fraction of sp³-hybridized carbons (Fsp3) is 0.125. The molecule has 0 N–H and O–H groups in total. The standard InChI is InChI=1S/C16H11ClFNO3S/c17-11-5-2-6-12(18)14(11)15-19(13(20)8-23-15)10-4-1-3-9(7-10)16(21)22/h1-7,15H,8H2,(H,21,22)/p-1. The molecule has 7 heteroatoms. The third-order valence-corrected chi connectivity index (χ3v) is 4.98. The van der Waals surface area contributed by atoms with Gasteiger partial charge in [0.15, 0.2) is 0 Å². The first kappa shape index (κ1) is 15.8. The number of hydrogen-bond donors (Lipinski definition) is 0. The number of amides is 1. The van der Waals surface area contributed by atoms with Gasteiger partial charge in [-0.25, -0.2) is 4.39 Å². The Balaban J connectivity index is 2.07. The Bertz CT molecular complexity index is 778. The molecule has 118 valence electrons. The molecular formula is C16H10ClFNO3S-. The molecule has 0 aliphatic carbocycles. The zero-order valence-corrected chi connectivity index (χ0v) is 13.2. The van der Waals surface area contributed by atoms with E-state index in [4.69, 9.17) is 11.6 Å². The van der Waals surface area contributed by atoms with Crippen LogP contribution in [-0.2, 0) is 4.79 Å². The van der Waals surface area contributed by atoms with E-state index in [-0.39, 0.29) is 27.8 Å². The van der Waals surface area contributed by atoms with Crippen molar-refractivity contribution in [2.24, 2.45) is 0 Å². The van der Waals surface area contributed by atoms with Crippen LogP contribution < -0.4 is 10.0 Å². The predicted molar refractivity (Wildman–Crippen MR) is 84.9 cm³/mol. The average Bonchev–Trinajstić information content (AvgIpc) is 2.89. The van der Waals surface area contributed by atoms with Crippen molar-refractivity contribution in [1.29, 1.82) is 0 Å². The van der Waals surface area contributed by atoms with Gasteiger partial charge < -0.3 is 9.90 Å². The highest BCUT2D eigenvalue weighted by molar-refractivity contribution is 8.00. The first-order valence-electron chi connectivity index (χ1n) is 6.68. The molecule has 1 heterocycles. The Kier molecular flexibility index (Phi) is 4.28. The third kappa shape index (κ3) is 2.92. The minimum absolute atomic E-state index is 0.0504. The van der Waals surface area contributed by atoms with E-state index in [2.05, 4.69) is 0 Å². The van der Waals surface area contributed by atoms with Gasteiger partial charge in [-0.05, 0) is 29.8 Å². The Labute approximate surface area is 140 Å². The van der Waals surface area contributed by atoms with Gasteiger partial charge in [-0.15, -0.1) is 11.8 Å². The minimum Gasteiger partial charge on any atom is -0.545 e. The number of rotatable bonds is 3. The SMILES string of the molecule is O=C([O-])c1cccc(N2C(=O)CSC2c2c(F)cccc2Cl)c1. The molecule has 4 nitrogen and oxygen atoms in total. The van der Waals surface area contributed by atoms with Gasteiger partial charge in [0.2, 0.25) is 5.91 Å². The van der Waals surface area contributed by atoms with Crippen molar-refractivity contribution in [3.63, 3.8) is 0 Å². The molecule has 0 bridgehead atoms. The lowest BCUT2D eigenvalue weighted by molar-refractivity contribution is -0.255. The number of carbonyl (C=O) groups excluding carboxylic acids is 2. The number of benzene rings is 2. The molecule has 2 aromatic carbocycles. The van der Waals surface area contributed by atoms with Crippen LogP contribution >= 0.6 is 23.4 Å². The molecule has 1 amide bonds. The van der Waals surface area contributed by atoms with E-state index >= 15 is 0 Å². The average molecular weight is 351 g/mol. The van der Waals surface area contributed by atoms with Crippen molar-refractivity contribution in [3.05, 3.63) is 64.4 Å². The molecule has 1 aliphatic rings. The zero-order valence-electron chi connectivity index (χ0n) is 11.7. The van der Waals surface area contributed by atoms with Crippen LogP contribution in [0.5, 0.6) is 0 Å². The summed E-state index contributed by atoms with van der Waals surface area (Å²) in [5, 5.41) is 10.6. The predicted octanol–water partition coefficient (Wildman–Crippen LogP) is 2.62. The molecule has 3 rings (SSSR count). The van der Waals surface area contributed by atoms with Crippen LogP contribution in [0.4, 0.5) is 10.1 Å². The number of halogens is 2. The first-order valence-corrected chi connectivity index (χ1v) is 8.10. The molecule has 23 heavy (non-hydrogen) atoms. The smallest absolute Gasteiger partial charge is 0.238 e. The van der Waals surface area contributed by atoms with Crippen molar-refractivity contribution >= 4 is 40.9 Å². The Morgan fingerprint density at radius 3 is 2.74 bits per heavy atom. The number of thioether (sulfide) groups is 1. The van der Waals surface area contributed by atoms with Crippen LogP contribution in [0.15, 0.2) is 42.5 Å². The molecule has 0 radical (unpaired) electrons. The number of carbonyl (C=O) groups is 2. The van der Waals surface area contributed by atoms with Crippen molar-refractivity contribution in [3.8, 4) is 0 Å². The Morgan fingerprint density at radius 1 is 1.30 bits per heavy atom.